The predicted molar refractivity (Wildman–Crippen MR) is 98.6 cm³/mol. The van der Waals surface area contributed by atoms with Crippen molar-refractivity contribution in [2.75, 3.05) is 7.11 Å². The van der Waals surface area contributed by atoms with Crippen LogP contribution in [0.4, 0.5) is 0 Å². The van der Waals surface area contributed by atoms with Gasteiger partial charge < -0.3 is 4.74 Å². The Bertz CT molecular complexity index is 855. The van der Waals surface area contributed by atoms with Crippen LogP contribution in [0.15, 0.2) is 67.1 Å². The van der Waals surface area contributed by atoms with E-state index in [2.05, 4.69) is 14.7 Å². The number of methoxy groups -OCH3 is 1. The molecule has 25 heavy (non-hydrogen) atoms. The molecule has 0 aliphatic heterocycles. The van der Waals surface area contributed by atoms with Crippen LogP contribution >= 0.6 is 0 Å². The van der Waals surface area contributed by atoms with Gasteiger partial charge in [0.2, 0.25) is 0 Å². The van der Waals surface area contributed by atoms with Gasteiger partial charge in [0.25, 0.3) is 0 Å². The number of rotatable bonds is 5. The maximum Gasteiger partial charge on any atom is 0.309 e. The first-order chi connectivity index (χ1) is 12.2. The second-order valence-corrected chi connectivity index (χ2v) is 5.54. The molecule has 2 heterocycles. The molecule has 2 aromatic heterocycles. The van der Waals surface area contributed by atoms with E-state index in [1.165, 1.54) is 7.11 Å². The molecule has 4 heteroatoms. The summed E-state index contributed by atoms with van der Waals surface area (Å²) in [5.74, 6) is -0.234. The summed E-state index contributed by atoms with van der Waals surface area (Å²) in [5.41, 5.74) is 5.03. The van der Waals surface area contributed by atoms with Gasteiger partial charge in [-0.05, 0) is 41.0 Å². The minimum absolute atomic E-state index is 0.234. The number of carbonyl (C=O) groups excluding carboxylic acids is 1. The summed E-state index contributed by atoms with van der Waals surface area (Å²) in [6.07, 6.45) is 9.65. The van der Waals surface area contributed by atoms with Gasteiger partial charge in [-0.25, -0.2) is 0 Å². The van der Waals surface area contributed by atoms with Gasteiger partial charge in [-0.3, -0.25) is 14.8 Å². The van der Waals surface area contributed by atoms with Crippen molar-refractivity contribution in [1.82, 2.24) is 9.97 Å². The first-order valence-electron chi connectivity index (χ1n) is 7.95. The highest BCUT2D eigenvalue weighted by Gasteiger charge is 2.02. The summed E-state index contributed by atoms with van der Waals surface area (Å²) in [7, 11) is 1.40. The normalized spacial score (nSPS) is 10.8. The van der Waals surface area contributed by atoms with Crippen molar-refractivity contribution >= 4 is 18.1 Å². The quantitative estimate of drug-likeness (QED) is 0.663. The maximum atomic E-state index is 11.3. The molecule has 4 nitrogen and oxygen atoms in total. The van der Waals surface area contributed by atoms with Crippen molar-refractivity contribution in [1.29, 1.82) is 0 Å². The van der Waals surface area contributed by atoms with Crippen molar-refractivity contribution in [3.05, 3.63) is 83.9 Å². The first-order valence-corrected chi connectivity index (χ1v) is 7.95. The Balaban J connectivity index is 1.66. The van der Waals surface area contributed by atoms with Crippen molar-refractivity contribution in [2.24, 2.45) is 0 Å². The lowest BCUT2D eigenvalue weighted by Gasteiger charge is -2.02. The summed E-state index contributed by atoms with van der Waals surface area (Å²) in [5, 5.41) is 0. The molecular weight excluding hydrogens is 312 g/mol. The van der Waals surface area contributed by atoms with Crippen LogP contribution in [0.3, 0.4) is 0 Å². The van der Waals surface area contributed by atoms with Gasteiger partial charge in [0.1, 0.15) is 0 Å². The monoisotopic (exact) mass is 330 g/mol. The summed E-state index contributed by atoms with van der Waals surface area (Å²) < 4.78 is 4.67. The molecule has 0 unspecified atom stereocenters. The molecule has 0 amide bonds. The number of esters is 1. The molecule has 0 fully saturated rings. The highest BCUT2D eigenvalue weighted by Crippen LogP contribution is 2.18. The highest BCUT2D eigenvalue weighted by atomic mass is 16.5. The average Bonchev–Trinajstić information content (AvgIpc) is 2.68. The molecule has 0 radical (unpaired) electrons. The van der Waals surface area contributed by atoms with E-state index in [1.807, 2.05) is 66.9 Å². The Morgan fingerprint density at radius 1 is 0.960 bits per heavy atom. The molecule has 0 bridgehead atoms. The maximum absolute atomic E-state index is 11.3. The third-order valence-electron chi connectivity index (χ3n) is 3.80. The second-order valence-electron chi connectivity index (χ2n) is 5.54. The largest absolute Gasteiger partial charge is 0.469 e. The molecule has 1 aromatic carbocycles. The molecule has 0 N–H and O–H groups in total. The molecule has 0 aliphatic rings. The third kappa shape index (κ3) is 4.61. The number of hydrogen-bond acceptors (Lipinski definition) is 4. The lowest BCUT2D eigenvalue weighted by atomic mass is 10.1. The van der Waals surface area contributed by atoms with Crippen LogP contribution in [0.25, 0.3) is 23.3 Å². The van der Waals surface area contributed by atoms with Crippen LogP contribution in [0.2, 0.25) is 0 Å². The van der Waals surface area contributed by atoms with Gasteiger partial charge in [-0.15, -0.1) is 0 Å². The number of benzene rings is 1. The summed E-state index contributed by atoms with van der Waals surface area (Å²) in [6, 6.07) is 15.7. The Morgan fingerprint density at radius 3 is 2.36 bits per heavy atom. The number of pyridine rings is 2. The Hall–Kier alpha value is -3.27. The van der Waals surface area contributed by atoms with E-state index in [4.69, 9.17) is 0 Å². The van der Waals surface area contributed by atoms with Crippen molar-refractivity contribution in [2.45, 2.75) is 6.42 Å². The number of hydrogen-bond donors (Lipinski definition) is 0. The Labute approximate surface area is 146 Å². The summed E-state index contributed by atoms with van der Waals surface area (Å²) in [4.78, 5) is 19.7. The smallest absolute Gasteiger partial charge is 0.309 e. The summed E-state index contributed by atoms with van der Waals surface area (Å²) >= 11 is 0. The zero-order valence-electron chi connectivity index (χ0n) is 13.9. The van der Waals surface area contributed by atoms with E-state index < -0.39 is 0 Å². The molecule has 0 saturated heterocycles. The molecule has 3 aromatic rings. The van der Waals surface area contributed by atoms with Crippen LogP contribution in [0, 0.1) is 0 Å². The predicted octanol–water partition coefficient (Wildman–Crippen LogP) is 4.03. The van der Waals surface area contributed by atoms with E-state index in [-0.39, 0.29) is 5.97 Å². The lowest BCUT2D eigenvalue weighted by Crippen LogP contribution is -2.03. The van der Waals surface area contributed by atoms with E-state index in [0.717, 1.165) is 27.9 Å². The van der Waals surface area contributed by atoms with Crippen LogP contribution in [0.1, 0.15) is 16.8 Å². The lowest BCUT2D eigenvalue weighted by molar-refractivity contribution is -0.139. The van der Waals surface area contributed by atoms with Crippen LogP contribution < -0.4 is 0 Å². The van der Waals surface area contributed by atoms with Crippen LogP contribution in [0.5, 0.6) is 0 Å². The standard InChI is InChI=1S/C21H18N2O2/c1-25-21(24)14-17-4-2-16(3-5-17)6-8-20-9-7-19(15-23-20)18-10-12-22-13-11-18/h2-13,15H,14H2,1H3. The molecular formula is C21H18N2O2. The van der Waals surface area contributed by atoms with Gasteiger partial charge in [0, 0.05) is 24.2 Å². The van der Waals surface area contributed by atoms with Gasteiger partial charge in [-0.2, -0.15) is 0 Å². The van der Waals surface area contributed by atoms with Gasteiger partial charge >= 0.3 is 5.97 Å². The highest BCUT2D eigenvalue weighted by molar-refractivity contribution is 5.73. The number of nitrogens with zero attached hydrogens (tertiary/aromatic N) is 2. The fraction of sp³-hybridized carbons (Fsp3) is 0.0952. The molecule has 0 spiro atoms. The second kappa shape index (κ2) is 8.02. The molecule has 0 atom stereocenters. The topological polar surface area (TPSA) is 52.1 Å². The van der Waals surface area contributed by atoms with E-state index in [1.54, 1.807) is 12.4 Å². The minimum atomic E-state index is -0.234. The van der Waals surface area contributed by atoms with Gasteiger partial charge in [0.15, 0.2) is 0 Å². The molecule has 3 rings (SSSR count). The Morgan fingerprint density at radius 2 is 1.72 bits per heavy atom. The molecule has 0 aliphatic carbocycles. The zero-order valence-corrected chi connectivity index (χ0v) is 13.9. The Kier molecular flexibility index (Phi) is 5.32. The van der Waals surface area contributed by atoms with Gasteiger partial charge in [-0.1, -0.05) is 36.4 Å². The first kappa shape index (κ1) is 16.6. The third-order valence-corrected chi connectivity index (χ3v) is 3.80. The van der Waals surface area contributed by atoms with Crippen LogP contribution in [-0.4, -0.2) is 23.0 Å². The van der Waals surface area contributed by atoms with E-state index in [9.17, 15) is 4.79 Å². The minimum Gasteiger partial charge on any atom is -0.469 e. The number of aromatic nitrogens is 2. The fourth-order valence-electron chi connectivity index (χ4n) is 2.39. The van der Waals surface area contributed by atoms with Crippen molar-refractivity contribution in [3.63, 3.8) is 0 Å². The number of carbonyl (C=O) groups is 1. The zero-order chi connectivity index (χ0) is 17.5. The summed E-state index contributed by atoms with van der Waals surface area (Å²) in [6.45, 7) is 0. The number of ether oxygens (including phenoxy) is 1. The SMILES string of the molecule is COC(=O)Cc1ccc(C=Cc2ccc(-c3ccncc3)cn2)cc1. The average molecular weight is 330 g/mol. The van der Waals surface area contributed by atoms with E-state index in [0.29, 0.717) is 6.42 Å². The fourth-order valence-corrected chi connectivity index (χ4v) is 2.39. The van der Waals surface area contributed by atoms with Crippen molar-refractivity contribution in [3.8, 4) is 11.1 Å². The molecule has 0 saturated carbocycles. The molecule has 124 valence electrons. The van der Waals surface area contributed by atoms with Crippen molar-refractivity contribution < 1.29 is 9.53 Å². The van der Waals surface area contributed by atoms with Gasteiger partial charge in [0.05, 0.1) is 19.2 Å². The van der Waals surface area contributed by atoms with E-state index >= 15 is 0 Å². The van der Waals surface area contributed by atoms with Crippen LogP contribution in [-0.2, 0) is 16.0 Å².